The Labute approximate surface area is 149 Å². The topological polar surface area (TPSA) is 93.5 Å². The molecule has 0 radical (unpaired) electrons. The molecule has 7 heteroatoms. The van der Waals surface area contributed by atoms with Gasteiger partial charge in [-0.05, 0) is 54.6 Å². The van der Waals surface area contributed by atoms with Gasteiger partial charge in [0.05, 0.1) is 30.6 Å². The van der Waals surface area contributed by atoms with Gasteiger partial charge < -0.3 is 15.2 Å². The van der Waals surface area contributed by atoms with Crippen LogP contribution in [0, 0.1) is 0 Å². The van der Waals surface area contributed by atoms with E-state index in [1.54, 1.807) is 11.8 Å². The number of ether oxygens (including phenoxy) is 1. The predicted octanol–water partition coefficient (Wildman–Crippen LogP) is 2.51. The Hall–Kier alpha value is -3.61. The van der Waals surface area contributed by atoms with Crippen LogP contribution in [0.25, 0.3) is 5.69 Å². The average molecular weight is 351 g/mol. The van der Waals surface area contributed by atoms with Crippen LogP contribution in [0.15, 0.2) is 60.8 Å². The maximum Gasteiger partial charge on any atom is 0.335 e. The summed E-state index contributed by atoms with van der Waals surface area (Å²) in [6.07, 6.45) is 1.81. The minimum absolute atomic E-state index is 0.139. The molecule has 0 aliphatic heterocycles. The van der Waals surface area contributed by atoms with Gasteiger partial charge >= 0.3 is 5.97 Å². The number of nitrogens with zero attached hydrogens (tertiary/aromatic N) is 2. The van der Waals surface area contributed by atoms with E-state index in [-0.39, 0.29) is 18.0 Å². The molecular weight excluding hydrogens is 334 g/mol. The highest BCUT2D eigenvalue weighted by atomic mass is 16.5. The zero-order chi connectivity index (χ0) is 18.5. The van der Waals surface area contributed by atoms with Crippen molar-refractivity contribution in [1.82, 2.24) is 15.1 Å². The van der Waals surface area contributed by atoms with Gasteiger partial charge in [-0.1, -0.05) is 0 Å². The van der Waals surface area contributed by atoms with Crippen LogP contribution in [0.2, 0.25) is 0 Å². The second-order valence-electron chi connectivity index (χ2n) is 5.51. The molecule has 26 heavy (non-hydrogen) atoms. The van der Waals surface area contributed by atoms with E-state index in [0.29, 0.717) is 11.3 Å². The zero-order valence-corrected chi connectivity index (χ0v) is 14.0. The number of hydrogen-bond donors (Lipinski definition) is 2. The van der Waals surface area contributed by atoms with Crippen LogP contribution >= 0.6 is 0 Å². The van der Waals surface area contributed by atoms with Crippen LogP contribution in [0.1, 0.15) is 26.4 Å². The van der Waals surface area contributed by atoms with Gasteiger partial charge in [-0.3, -0.25) is 4.79 Å². The fourth-order valence-corrected chi connectivity index (χ4v) is 2.37. The molecule has 0 fully saturated rings. The number of amides is 1. The molecule has 2 aromatic carbocycles. The van der Waals surface area contributed by atoms with E-state index >= 15 is 0 Å². The summed E-state index contributed by atoms with van der Waals surface area (Å²) in [6, 6.07) is 15.0. The normalized spacial score (nSPS) is 10.3. The monoisotopic (exact) mass is 351 g/mol. The second-order valence-corrected chi connectivity index (χ2v) is 5.51. The number of carbonyl (C=O) groups is 2. The fourth-order valence-electron chi connectivity index (χ4n) is 2.37. The number of carbonyl (C=O) groups excluding carboxylic acids is 1. The zero-order valence-electron chi connectivity index (χ0n) is 14.0. The van der Waals surface area contributed by atoms with Gasteiger partial charge in [0.25, 0.3) is 5.91 Å². The van der Waals surface area contributed by atoms with Gasteiger partial charge in [-0.2, -0.15) is 5.10 Å². The second kappa shape index (κ2) is 7.52. The first-order valence-corrected chi connectivity index (χ1v) is 7.87. The maximum absolute atomic E-state index is 12.1. The molecule has 0 unspecified atom stereocenters. The third-order valence-corrected chi connectivity index (χ3v) is 3.81. The van der Waals surface area contributed by atoms with Crippen molar-refractivity contribution in [1.29, 1.82) is 0 Å². The molecule has 1 heterocycles. The number of aromatic nitrogens is 2. The summed E-state index contributed by atoms with van der Waals surface area (Å²) in [6.45, 7) is 0.267. The lowest BCUT2D eigenvalue weighted by Gasteiger charge is -2.05. The van der Waals surface area contributed by atoms with Crippen molar-refractivity contribution in [2.75, 3.05) is 7.11 Å². The van der Waals surface area contributed by atoms with E-state index in [4.69, 9.17) is 9.84 Å². The van der Waals surface area contributed by atoms with Crippen molar-refractivity contribution in [3.63, 3.8) is 0 Å². The molecule has 3 aromatic rings. The van der Waals surface area contributed by atoms with E-state index in [9.17, 15) is 9.59 Å². The predicted molar refractivity (Wildman–Crippen MR) is 94.7 cm³/mol. The van der Waals surface area contributed by atoms with Crippen molar-refractivity contribution < 1.29 is 19.4 Å². The molecule has 132 valence electrons. The largest absolute Gasteiger partial charge is 0.497 e. The minimum atomic E-state index is -1.03. The van der Waals surface area contributed by atoms with Crippen LogP contribution < -0.4 is 10.1 Å². The Bertz CT molecular complexity index is 915. The standard InChI is InChI=1S/C19H17N3O4/c1-26-17-8-6-16(7-9-17)22-11-10-15(21-22)12-20-18(23)13-2-4-14(5-3-13)19(24)25/h2-11H,12H2,1H3,(H,20,23)(H,24,25). The molecule has 0 spiro atoms. The van der Waals surface area contributed by atoms with Crippen LogP contribution in [0.3, 0.4) is 0 Å². The molecule has 1 amide bonds. The van der Waals surface area contributed by atoms with Crippen molar-refractivity contribution in [3.8, 4) is 11.4 Å². The highest BCUT2D eigenvalue weighted by molar-refractivity contribution is 5.95. The summed E-state index contributed by atoms with van der Waals surface area (Å²) >= 11 is 0. The average Bonchev–Trinajstić information content (AvgIpc) is 3.15. The number of benzene rings is 2. The highest BCUT2D eigenvalue weighted by Gasteiger charge is 2.09. The van der Waals surface area contributed by atoms with Crippen molar-refractivity contribution in [2.45, 2.75) is 6.54 Å². The number of carboxylic acids is 1. The SMILES string of the molecule is COc1ccc(-n2ccc(CNC(=O)c3ccc(C(=O)O)cc3)n2)cc1. The summed E-state index contributed by atoms with van der Waals surface area (Å²) in [4.78, 5) is 23.0. The van der Waals surface area contributed by atoms with Crippen LogP contribution in [-0.4, -0.2) is 33.9 Å². The van der Waals surface area contributed by atoms with E-state index in [0.717, 1.165) is 11.4 Å². The van der Waals surface area contributed by atoms with Gasteiger partial charge in [-0.25, -0.2) is 9.48 Å². The Morgan fingerprint density at radius 2 is 1.69 bits per heavy atom. The first-order valence-electron chi connectivity index (χ1n) is 7.87. The van der Waals surface area contributed by atoms with E-state index in [1.165, 1.54) is 24.3 Å². The molecule has 0 saturated heterocycles. The van der Waals surface area contributed by atoms with E-state index in [2.05, 4.69) is 10.4 Å². The third-order valence-electron chi connectivity index (χ3n) is 3.81. The quantitative estimate of drug-likeness (QED) is 0.712. The lowest BCUT2D eigenvalue weighted by atomic mass is 10.1. The molecule has 0 bridgehead atoms. The molecule has 0 saturated carbocycles. The molecule has 0 aliphatic rings. The fraction of sp³-hybridized carbons (Fsp3) is 0.105. The van der Waals surface area contributed by atoms with Gasteiger partial charge in [0, 0.05) is 11.8 Å². The van der Waals surface area contributed by atoms with E-state index in [1.807, 2.05) is 36.5 Å². The molecule has 2 N–H and O–H groups in total. The summed E-state index contributed by atoms with van der Waals surface area (Å²) in [5.74, 6) is -0.552. The highest BCUT2D eigenvalue weighted by Crippen LogP contribution is 2.14. The van der Waals surface area contributed by atoms with Gasteiger partial charge in [0.2, 0.25) is 0 Å². The van der Waals surface area contributed by atoms with Gasteiger partial charge in [0.1, 0.15) is 5.75 Å². The Morgan fingerprint density at radius 3 is 2.31 bits per heavy atom. The van der Waals surface area contributed by atoms with Crippen molar-refractivity contribution >= 4 is 11.9 Å². The Morgan fingerprint density at radius 1 is 1.04 bits per heavy atom. The third kappa shape index (κ3) is 3.89. The number of carboxylic acid groups (broad SMARTS) is 1. The maximum atomic E-state index is 12.1. The van der Waals surface area contributed by atoms with Crippen molar-refractivity contribution in [3.05, 3.63) is 77.6 Å². The Balaban J connectivity index is 1.62. The Kier molecular flexibility index (Phi) is 4.98. The number of nitrogens with one attached hydrogen (secondary N) is 1. The van der Waals surface area contributed by atoms with Crippen molar-refractivity contribution in [2.24, 2.45) is 0 Å². The van der Waals surface area contributed by atoms with E-state index < -0.39 is 5.97 Å². The summed E-state index contributed by atoms with van der Waals surface area (Å²) in [7, 11) is 1.61. The number of rotatable bonds is 6. The van der Waals surface area contributed by atoms with Crippen LogP contribution in [0.4, 0.5) is 0 Å². The van der Waals surface area contributed by atoms with Crippen LogP contribution in [0.5, 0.6) is 5.75 Å². The first-order chi connectivity index (χ1) is 12.6. The molecule has 0 aliphatic carbocycles. The molecule has 0 atom stereocenters. The molecule has 1 aromatic heterocycles. The number of methoxy groups -OCH3 is 1. The minimum Gasteiger partial charge on any atom is -0.497 e. The molecule has 7 nitrogen and oxygen atoms in total. The first kappa shape index (κ1) is 17.2. The molecule has 3 rings (SSSR count). The summed E-state index contributed by atoms with van der Waals surface area (Å²) < 4.78 is 6.84. The van der Waals surface area contributed by atoms with Gasteiger partial charge in [-0.15, -0.1) is 0 Å². The van der Waals surface area contributed by atoms with Gasteiger partial charge in [0.15, 0.2) is 0 Å². The summed E-state index contributed by atoms with van der Waals surface area (Å²) in [5.41, 5.74) is 2.12. The summed E-state index contributed by atoms with van der Waals surface area (Å²) in [5, 5.41) is 16.1. The lowest BCUT2D eigenvalue weighted by Crippen LogP contribution is -2.23. The smallest absolute Gasteiger partial charge is 0.335 e. The number of aromatic carboxylic acids is 1. The van der Waals surface area contributed by atoms with Crippen LogP contribution in [-0.2, 0) is 6.54 Å². The lowest BCUT2D eigenvalue weighted by molar-refractivity contribution is 0.0696. The number of hydrogen-bond acceptors (Lipinski definition) is 4. The molecular formula is C19H17N3O4.